The smallest absolute Gasteiger partial charge is 0.206 e. The lowest BCUT2D eigenvalue weighted by Crippen LogP contribution is -1.99. The average molecular weight is 259 g/mol. The molecule has 0 fully saturated rings. The van der Waals surface area contributed by atoms with Gasteiger partial charge in [0.15, 0.2) is 0 Å². The molecule has 7 nitrogen and oxygen atoms in total. The normalized spacial score (nSPS) is 9.75. The van der Waals surface area contributed by atoms with E-state index >= 15 is 0 Å². The van der Waals surface area contributed by atoms with E-state index in [2.05, 4.69) is 57.8 Å². The number of nitrogens with zero attached hydrogens (tertiary/aromatic N) is 7. The maximum absolute atomic E-state index is 4.01. The van der Waals surface area contributed by atoms with Gasteiger partial charge >= 0.3 is 0 Å². The molecule has 0 aliphatic carbocycles. The van der Waals surface area contributed by atoms with Crippen molar-refractivity contribution in [3.05, 3.63) is 6.33 Å². The third-order valence-electron chi connectivity index (χ3n) is 1.54. The lowest BCUT2D eigenvalue weighted by Gasteiger charge is -1.93. The van der Waals surface area contributed by atoms with Crippen LogP contribution in [0, 0.1) is 0 Å². The van der Waals surface area contributed by atoms with E-state index in [1.165, 1.54) is 0 Å². The van der Waals surface area contributed by atoms with Gasteiger partial charge in [-0.1, -0.05) is 6.92 Å². The molecule has 0 aromatic carbocycles. The zero-order valence-corrected chi connectivity index (χ0v) is 10.8. The first-order valence-corrected chi connectivity index (χ1v) is 5.52. The molecule has 0 unspecified atom stereocenters. The van der Waals surface area contributed by atoms with Gasteiger partial charge in [-0.15, -0.1) is 35.5 Å². The average Bonchev–Trinajstić information content (AvgIpc) is 2.79. The summed E-state index contributed by atoms with van der Waals surface area (Å²) in [7, 11) is 1.80. The van der Waals surface area contributed by atoms with Crippen molar-refractivity contribution in [3.8, 4) is 0 Å². The molecule has 2 aromatic rings. The van der Waals surface area contributed by atoms with Gasteiger partial charge in [0.2, 0.25) is 10.3 Å². The van der Waals surface area contributed by atoms with E-state index < -0.39 is 0 Å². The van der Waals surface area contributed by atoms with E-state index in [1.807, 2.05) is 0 Å². The van der Waals surface area contributed by atoms with Crippen molar-refractivity contribution in [2.24, 2.45) is 7.05 Å². The summed E-state index contributed by atoms with van der Waals surface area (Å²) in [6.45, 7) is 2.90. The van der Waals surface area contributed by atoms with Gasteiger partial charge in [0, 0.05) is 13.6 Å². The van der Waals surface area contributed by atoms with Crippen LogP contribution < -0.4 is 0 Å². The Morgan fingerprint density at radius 2 is 2.12 bits per heavy atom. The molecule has 0 amide bonds. The molecule has 9 heteroatoms. The second-order valence-electron chi connectivity index (χ2n) is 2.92. The van der Waals surface area contributed by atoms with Crippen molar-refractivity contribution in [3.63, 3.8) is 0 Å². The van der Waals surface area contributed by atoms with Crippen LogP contribution in [0.25, 0.3) is 0 Å². The first-order valence-electron chi connectivity index (χ1n) is 4.63. The molecular formula is C7H13N7S2. The number of aromatic nitrogens is 7. The summed E-state index contributed by atoms with van der Waals surface area (Å²) in [6.07, 6.45) is 2.63. The van der Waals surface area contributed by atoms with Crippen LogP contribution in [0.4, 0.5) is 0 Å². The summed E-state index contributed by atoms with van der Waals surface area (Å²) in [6, 6.07) is 0. The maximum Gasteiger partial charge on any atom is 0.206 e. The van der Waals surface area contributed by atoms with Gasteiger partial charge in [-0.3, -0.25) is 4.68 Å². The lowest BCUT2D eigenvalue weighted by atomic mass is 10.5. The lowest BCUT2D eigenvalue weighted by molar-refractivity contribution is 0.540. The minimum absolute atomic E-state index is 0.516. The molecule has 88 valence electrons. The van der Waals surface area contributed by atoms with Gasteiger partial charge in [0.1, 0.15) is 6.33 Å². The van der Waals surface area contributed by atoms with E-state index in [0.29, 0.717) is 10.3 Å². The Morgan fingerprint density at radius 3 is 2.44 bits per heavy atom. The first kappa shape index (κ1) is 13.0. The van der Waals surface area contributed by atoms with Crippen LogP contribution in [0.3, 0.4) is 0 Å². The topological polar surface area (TPSA) is 74.3 Å². The minimum atomic E-state index is 0.516. The first-order chi connectivity index (χ1) is 7.63. The number of aryl methyl sites for hydroxylation is 2. The van der Waals surface area contributed by atoms with Crippen LogP contribution in [0.5, 0.6) is 0 Å². The summed E-state index contributed by atoms with van der Waals surface area (Å²) < 4.78 is 3.26. The summed E-state index contributed by atoms with van der Waals surface area (Å²) >= 11 is 7.87. The predicted octanol–water partition coefficient (Wildman–Crippen LogP) is 0.476. The zero-order valence-electron chi connectivity index (χ0n) is 9.02. The highest BCUT2D eigenvalue weighted by molar-refractivity contribution is 7.80. The Hall–Kier alpha value is -1.09. The molecule has 0 aliphatic heterocycles. The van der Waals surface area contributed by atoms with Crippen molar-refractivity contribution in [2.45, 2.75) is 30.2 Å². The van der Waals surface area contributed by atoms with E-state index in [9.17, 15) is 0 Å². The fraction of sp³-hybridized carbons (Fsp3) is 0.571. The Kier molecular flexibility index (Phi) is 5.26. The van der Waals surface area contributed by atoms with Gasteiger partial charge < -0.3 is 0 Å². The van der Waals surface area contributed by atoms with E-state index in [0.717, 1.165) is 13.0 Å². The van der Waals surface area contributed by atoms with Crippen LogP contribution in [0.15, 0.2) is 16.6 Å². The standard InChI is InChI=1S/C4H8N4S.C3H5N3S/c1-2-3-8-4(9)5-6-7-8;1-6-2-4-3(7)5-6/h2-3H2,1H3,(H,5,7,9);2H,1H3,(H,5,7). The van der Waals surface area contributed by atoms with Gasteiger partial charge in [-0.2, -0.15) is 0 Å². The predicted molar refractivity (Wildman–Crippen MR) is 63.6 cm³/mol. The van der Waals surface area contributed by atoms with Crippen molar-refractivity contribution in [1.29, 1.82) is 0 Å². The van der Waals surface area contributed by atoms with Crippen LogP contribution in [0.2, 0.25) is 0 Å². The Balaban J connectivity index is 0.000000165. The minimum Gasteiger partial charge on any atom is -0.255 e. The molecule has 0 aliphatic rings. The monoisotopic (exact) mass is 259 g/mol. The molecular weight excluding hydrogens is 246 g/mol. The molecule has 2 heterocycles. The van der Waals surface area contributed by atoms with Crippen LogP contribution in [-0.2, 0) is 13.6 Å². The molecule has 0 saturated heterocycles. The van der Waals surface area contributed by atoms with Gasteiger partial charge in [-0.25, -0.2) is 9.67 Å². The molecule has 2 rings (SSSR count). The second kappa shape index (κ2) is 6.48. The summed E-state index contributed by atoms with van der Waals surface area (Å²) in [4.78, 5) is 3.73. The third kappa shape index (κ3) is 4.19. The molecule has 0 bridgehead atoms. The van der Waals surface area contributed by atoms with E-state index in [1.54, 1.807) is 22.7 Å². The number of hydrogen-bond donors (Lipinski definition) is 2. The van der Waals surface area contributed by atoms with Crippen molar-refractivity contribution in [2.75, 3.05) is 0 Å². The maximum atomic E-state index is 4.01. The fourth-order valence-electron chi connectivity index (χ4n) is 0.884. The van der Waals surface area contributed by atoms with E-state index in [-0.39, 0.29) is 0 Å². The molecule has 0 N–H and O–H groups in total. The molecule has 0 spiro atoms. The highest BCUT2D eigenvalue weighted by Crippen LogP contribution is 1.97. The highest BCUT2D eigenvalue weighted by atomic mass is 32.1. The van der Waals surface area contributed by atoms with Crippen LogP contribution in [0.1, 0.15) is 13.3 Å². The molecule has 0 saturated carbocycles. The number of rotatable bonds is 2. The Morgan fingerprint density at radius 1 is 1.38 bits per heavy atom. The molecule has 2 aromatic heterocycles. The SMILES string of the molecule is CCCn1nnnc1S.Cn1cnc(S)n1. The molecule has 0 radical (unpaired) electrons. The highest BCUT2D eigenvalue weighted by Gasteiger charge is 1.96. The van der Waals surface area contributed by atoms with E-state index in [4.69, 9.17) is 0 Å². The largest absolute Gasteiger partial charge is 0.255 e. The number of thiol groups is 2. The molecule has 16 heavy (non-hydrogen) atoms. The molecule has 0 atom stereocenters. The van der Waals surface area contributed by atoms with Gasteiger partial charge in [0.25, 0.3) is 0 Å². The number of hydrogen-bond acceptors (Lipinski definition) is 7. The fourth-order valence-corrected chi connectivity index (χ4v) is 1.26. The Labute approximate surface area is 104 Å². The van der Waals surface area contributed by atoms with Crippen LogP contribution in [-0.4, -0.2) is 35.0 Å². The summed E-state index contributed by atoms with van der Waals surface area (Å²) in [5.41, 5.74) is 0. The van der Waals surface area contributed by atoms with Crippen LogP contribution >= 0.6 is 25.3 Å². The van der Waals surface area contributed by atoms with Crippen molar-refractivity contribution in [1.82, 2.24) is 35.0 Å². The number of tetrazole rings is 1. The zero-order chi connectivity index (χ0) is 12.0. The third-order valence-corrected chi connectivity index (χ3v) is 2.06. The van der Waals surface area contributed by atoms with Gasteiger partial charge in [-0.05, 0) is 16.8 Å². The summed E-state index contributed by atoms with van der Waals surface area (Å²) in [5, 5.41) is 15.6. The Bertz CT molecular complexity index is 407. The van der Waals surface area contributed by atoms with Crippen molar-refractivity contribution < 1.29 is 0 Å². The quantitative estimate of drug-likeness (QED) is 0.767. The van der Waals surface area contributed by atoms with Crippen molar-refractivity contribution >= 4 is 25.3 Å². The summed E-state index contributed by atoms with van der Waals surface area (Å²) in [5.74, 6) is 0. The van der Waals surface area contributed by atoms with Gasteiger partial charge in [0.05, 0.1) is 0 Å². The second-order valence-corrected chi connectivity index (χ2v) is 3.72.